The molecule has 2 N–H and O–H groups in total. The molecule has 0 saturated heterocycles. The van der Waals surface area contributed by atoms with Crippen molar-refractivity contribution in [2.75, 3.05) is 6.79 Å². The van der Waals surface area contributed by atoms with Gasteiger partial charge in [-0.25, -0.2) is 27.3 Å². The van der Waals surface area contributed by atoms with Crippen LogP contribution in [0.3, 0.4) is 0 Å². The van der Waals surface area contributed by atoms with E-state index in [1.54, 1.807) is 0 Å². The number of pyridine rings is 1. The molecule has 0 aliphatic rings. The van der Waals surface area contributed by atoms with Crippen LogP contribution < -0.4 is 5.43 Å². The van der Waals surface area contributed by atoms with E-state index in [4.69, 9.17) is 10.2 Å². The molecule has 10 heteroatoms. The van der Waals surface area contributed by atoms with Gasteiger partial charge < -0.3 is 14.9 Å². The Morgan fingerprint density at radius 1 is 1.23 bits per heavy atom. The summed E-state index contributed by atoms with van der Waals surface area (Å²) >= 11 is 0. The van der Waals surface area contributed by atoms with Crippen molar-refractivity contribution in [3.63, 3.8) is 0 Å². The number of nitrogens with zero attached hydrogens (tertiary/aromatic N) is 1. The van der Waals surface area contributed by atoms with Crippen molar-refractivity contribution in [3.05, 3.63) is 45.5 Å². The van der Waals surface area contributed by atoms with Gasteiger partial charge in [0.25, 0.3) is 0 Å². The first-order valence-corrected chi connectivity index (χ1v) is 5.53. The maximum atomic E-state index is 13.8. The maximum absolute atomic E-state index is 13.8. The Labute approximate surface area is 118 Å². The minimum absolute atomic E-state index is 0.161. The molecule has 7 nitrogen and oxygen atoms in total. The van der Waals surface area contributed by atoms with E-state index in [0.717, 1.165) is 0 Å². The molecule has 0 amide bonds. The average Bonchev–Trinajstić information content (AvgIpc) is 2.45. The molecule has 2 rings (SSSR count). The number of carbonyl (C=O) groups excluding carboxylic acids is 1. The van der Waals surface area contributed by atoms with Gasteiger partial charge in [-0.1, -0.05) is 0 Å². The Balaban J connectivity index is 3.02. The number of carboxylic acids is 1. The fraction of sp³-hybridized carbons (Fsp3) is 0.0833. The zero-order chi connectivity index (χ0) is 16.6. The van der Waals surface area contributed by atoms with E-state index in [-0.39, 0.29) is 10.6 Å². The number of carboxylic acid groups (broad SMARTS) is 1. The van der Waals surface area contributed by atoms with Gasteiger partial charge in [0.2, 0.25) is 5.43 Å². The van der Waals surface area contributed by atoms with Crippen LogP contribution in [0.1, 0.15) is 10.4 Å². The summed E-state index contributed by atoms with van der Waals surface area (Å²) in [5.74, 6) is -7.34. The molecule has 0 atom stereocenters. The van der Waals surface area contributed by atoms with E-state index in [9.17, 15) is 27.6 Å². The predicted octanol–water partition coefficient (Wildman–Crippen LogP) is 1.05. The predicted molar refractivity (Wildman–Crippen MR) is 64.0 cm³/mol. The van der Waals surface area contributed by atoms with Gasteiger partial charge in [0.05, 0.1) is 5.39 Å². The summed E-state index contributed by atoms with van der Waals surface area (Å²) in [5, 5.41) is 16.5. The molecule has 0 spiro atoms. The molecule has 0 unspecified atom stereocenters. The second kappa shape index (κ2) is 5.48. The molecule has 2 aromatic rings. The number of rotatable bonds is 2. The molecule has 0 aliphatic heterocycles. The zero-order valence-corrected chi connectivity index (χ0v) is 10.5. The molecule has 1 aromatic heterocycles. The number of carbonyl (C=O) groups is 2. The molecular weight excluding hydrogens is 311 g/mol. The van der Waals surface area contributed by atoms with E-state index in [2.05, 4.69) is 4.74 Å². The van der Waals surface area contributed by atoms with Crippen LogP contribution in [0.15, 0.2) is 17.1 Å². The van der Waals surface area contributed by atoms with Gasteiger partial charge in [-0.3, -0.25) is 4.79 Å². The Kier molecular flexibility index (Phi) is 3.87. The Hall–Kier alpha value is -2.88. The van der Waals surface area contributed by atoms with Crippen molar-refractivity contribution in [1.82, 2.24) is 4.57 Å². The summed E-state index contributed by atoms with van der Waals surface area (Å²) in [7, 11) is 0. The molecule has 1 heterocycles. The van der Waals surface area contributed by atoms with E-state index in [1.807, 2.05) is 0 Å². The summed E-state index contributed by atoms with van der Waals surface area (Å²) < 4.78 is 44.7. The number of hydrogen-bond donors (Lipinski definition) is 2. The number of aliphatic hydroxyl groups excluding tert-OH is 1. The molecule has 0 bridgehead atoms. The number of aliphatic hydroxyl groups is 1. The van der Waals surface area contributed by atoms with Gasteiger partial charge in [-0.15, -0.1) is 0 Å². The van der Waals surface area contributed by atoms with Crippen LogP contribution in [0.5, 0.6) is 0 Å². The van der Waals surface area contributed by atoms with E-state index in [1.165, 1.54) is 0 Å². The quantitative estimate of drug-likeness (QED) is 0.633. The molecule has 0 fully saturated rings. The third-order valence-electron chi connectivity index (χ3n) is 2.74. The van der Waals surface area contributed by atoms with Crippen LogP contribution in [0.2, 0.25) is 0 Å². The van der Waals surface area contributed by atoms with Gasteiger partial charge in [-0.05, 0) is 6.07 Å². The van der Waals surface area contributed by atoms with Crippen LogP contribution in [-0.4, -0.2) is 33.6 Å². The molecule has 1 aromatic carbocycles. The van der Waals surface area contributed by atoms with E-state index in [0.29, 0.717) is 6.20 Å². The first-order valence-electron chi connectivity index (χ1n) is 5.53. The molecule has 0 saturated carbocycles. The highest BCUT2D eigenvalue weighted by atomic mass is 19.2. The van der Waals surface area contributed by atoms with Gasteiger partial charge in [0, 0.05) is 6.20 Å². The molecular formula is C12H6F3NO6. The van der Waals surface area contributed by atoms with Gasteiger partial charge in [0.1, 0.15) is 11.1 Å². The lowest BCUT2D eigenvalue weighted by Crippen LogP contribution is -2.24. The Morgan fingerprint density at radius 3 is 2.41 bits per heavy atom. The highest BCUT2D eigenvalue weighted by Crippen LogP contribution is 2.22. The molecule has 0 aliphatic carbocycles. The SMILES string of the molecule is O=C(O)c1cn(C(=O)OCO)c2c(F)c(F)c(F)cc2c1=O. The van der Waals surface area contributed by atoms with Crippen LogP contribution >= 0.6 is 0 Å². The minimum atomic E-state index is -1.96. The molecule has 116 valence electrons. The summed E-state index contributed by atoms with van der Waals surface area (Å²) in [5.41, 5.74) is -3.31. The van der Waals surface area contributed by atoms with Crippen molar-refractivity contribution in [2.24, 2.45) is 0 Å². The van der Waals surface area contributed by atoms with Crippen molar-refractivity contribution in [2.45, 2.75) is 0 Å². The fourth-order valence-corrected chi connectivity index (χ4v) is 1.81. The second-order valence-corrected chi connectivity index (χ2v) is 3.97. The number of aromatic carboxylic acids is 1. The largest absolute Gasteiger partial charge is 0.477 e. The minimum Gasteiger partial charge on any atom is -0.477 e. The summed E-state index contributed by atoms with van der Waals surface area (Å²) in [4.78, 5) is 34.4. The fourth-order valence-electron chi connectivity index (χ4n) is 1.81. The van der Waals surface area contributed by atoms with Crippen LogP contribution in [-0.2, 0) is 4.74 Å². The monoisotopic (exact) mass is 317 g/mol. The average molecular weight is 317 g/mol. The van der Waals surface area contributed by atoms with Crippen LogP contribution in [0.4, 0.5) is 18.0 Å². The maximum Gasteiger partial charge on any atom is 0.420 e. The third-order valence-corrected chi connectivity index (χ3v) is 2.74. The highest BCUT2D eigenvalue weighted by Gasteiger charge is 2.24. The van der Waals surface area contributed by atoms with Crippen LogP contribution in [0.25, 0.3) is 10.9 Å². The lowest BCUT2D eigenvalue weighted by Gasteiger charge is -2.11. The van der Waals surface area contributed by atoms with Crippen molar-refractivity contribution in [1.29, 1.82) is 0 Å². The Morgan fingerprint density at radius 2 is 1.86 bits per heavy atom. The summed E-state index contributed by atoms with van der Waals surface area (Å²) in [6.07, 6.45) is -1.09. The van der Waals surface area contributed by atoms with Crippen molar-refractivity contribution < 1.29 is 37.7 Å². The van der Waals surface area contributed by atoms with E-state index >= 15 is 0 Å². The number of aromatic nitrogens is 1. The Bertz CT molecular complexity index is 860. The van der Waals surface area contributed by atoms with E-state index < -0.39 is 58.2 Å². The summed E-state index contributed by atoms with van der Waals surface area (Å²) in [6.45, 7) is -1.14. The third kappa shape index (κ3) is 2.29. The first kappa shape index (κ1) is 15.5. The van der Waals surface area contributed by atoms with Crippen molar-refractivity contribution in [3.8, 4) is 0 Å². The van der Waals surface area contributed by atoms with Crippen molar-refractivity contribution >= 4 is 23.0 Å². The van der Waals surface area contributed by atoms with Gasteiger partial charge >= 0.3 is 12.1 Å². The standard InChI is InChI=1S/C12H6F3NO6/c13-6-1-4-9(8(15)7(6)14)16(12(21)22-3-17)2-5(10(4)18)11(19)20/h1-2,17H,3H2,(H,19,20). The number of fused-ring (bicyclic) bond motifs is 1. The lowest BCUT2D eigenvalue weighted by molar-refractivity contribution is 0.0455. The molecule has 0 radical (unpaired) electrons. The van der Waals surface area contributed by atoms with Gasteiger partial charge in [-0.2, -0.15) is 0 Å². The van der Waals surface area contributed by atoms with Crippen LogP contribution in [0, 0.1) is 17.5 Å². The number of ether oxygens (including phenoxy) is 1. The smallest absolute Gasteiger partial charge is 0.420 e. The number of benzene rings is 1. The lowest BCUT2D eigenvalue weighted by atomic mass is 10.1. The highest BCUT2D eigenvalue weighted by molar-refractivity contribution is 5.96. The summed E-state index contributed by atoms with van der Waals surface area (Å²) in [6, 6.07) is 0.269. The topological polar surface area (TPSA) is 106 Å². The number of hydrogen-bond acceptors (Lipinski definition) is 5. The first-order chi connectivity index (χ1) is 10.3. The zero-order valence-electron chi connectivity index (χ0n) is 10.5. The molecule has 22 heavy (non-hydrogen) atoms. The normalized spacial score (nSPS) is 10.7. The second-order valence-electron chi connectivity index (χ2n) is 3.97. The van der Waals surface area contributed by atoms with Gasteiger partial charge in [0.15, 0.2) is 24.2 Å². The number of halogens is 3.